The van der Waals surface area contributed by atoms with Crippen molar-refractivity contribution in [2.24, 2.45) is 11.8 Å². The summed E-state index contributed by atoms with van der Waals surface area (Å²) in [5.41, 5.74) is 1.09. The molecule has 60 valence electrons. The van der Waals surface area contributed by atoms with Crippen LogP contribution in [0.25, 0.3) is 0 Å². The van der Waals surface area contributed by atoms with Gasteiger partial charge in [0.25, 0.3) is 0 Å². The Morgan fingerprint density at radius 3 is 3.09 bits per heavy atom. The molecule has 2 atom stereocenters. The van der Waals surface area contributed by atoms with Gasteiger partial charge in [-0.2, -0.15) is 0 Å². The molecule has 1 aliphatic heterocycles. The van der Waals surface area contributed by atoms with Crippen LogP contribution >= 0.6 is 0 Å². The van der Waals surface area contributed by atoms with Gasteiger partial charge < -0.3 is 4.74 Å². The van der Waals surface area contributed by atoms with Crippen LogP contribution in [0.2, 0.25) is 0 Å². The minimum atomic E-state index is -0.0419. The Hall–Kier alpha value is -0.790. The first-order valence-electron chi connectivity index (χ1n) is 4.13. The fourth-order valence-electron chi connectivity index (χ4n) is 2.06. The van der Waals surface area contributed by atoms with Gasteiger partial charge in [-0.3, -0.25) is 4.79 Å². The zero-order valence-corrected chi connectivity index (χ0v) is 6.51. The van der Waals surface area contributed by atoms with E-state index in [2.05, 4.69) is 6.58 Å². The first-order chi connectivity index (χ1) is 5.29. The third-order valence-electron chi connectivity index (χ3n) is 2.68. The number of rotatable bonds is 0. The maximum atomic E-state index is 11.1. The fourth-order valence-corrected chi connectivity index (χ4v) is 2.06. The number of ether oxygens (including phenoxy) is 1. The smallest absolute Gasteiger partial charge is 0.313 e. The molecule has 1 saturated carbocycles. The van der Waals surface area contributed by atoms with E-state index >= 15 is 0 Å². The molecule has 0 N–H and O–H groups in total. The van der Waals surface area contributed by atoms with Gasteiger partial charge in [0.2, 0.25) is 0 Å². The van der Waals surface area contributed by atoms with Crippen LogP contribution in [0, 0.1) is 11.8 Å². The molecule has 1 saturated heterocycles. The lowest BCUT2D eigenvalue weighted by Crippen LogP contribution is -2.21. The molecule has 0 radical (unpaired) electrons. The monoisotopic (exact) mass is 152 g/mol. The summed E-state index contributed by atoms with van der Waals surface area (Å²) in [5, 5.41) is 0. The van der Waals surface area contributed by atoms with Crippen molar-refractivity contribution in [3.8, 4) is 0 Å². The van der Waals surface area contributed by atoms with Crippen LogP contribution in [-0.2, 0) is 9.53 Å². The van der Waals surface area contributed by atoms with Crippen LogP contribution in [0.3, 0.4) is 0 Å². The number of cyclic esters (lactones) is 1. The Morgan fingerprint density at radius 2 is 2.36 bits per heavy atom. The molecule has 0 aromatic heterocycles. The third kappa shape index (κ3) is 0.971. The molecule has 2 rings (SSSR count). The van der Waals surface area contributed by atoms with Crippen molar-refractivity contribution in [2.75, 3.05) is 6.61 Å². The Balaban J connectivity index is 2.21. The van der Waals surface area contributed by atoms with Gasteiger partial charge in [-0.15, -0.1) is 0 Å². The van der Waals surface area contributed by atoms with Crippen molar-refractivity contribution >= 4 is 5.97 Å². The topological polar surface area (TPSA) is 26.3 Å². The highest BCUT2D eigenvalue weighted by Gasteiger charge is 2.40. The predicted octanol–water partition coefficient (Wildman–Crippen LogP) is 1.52. The van der Waals surface area contributed by atoms with Gasteiger partial charge in [-0.1, -0.05) is 12.2 Å². The summed E-state index contributed by atoms with van der Waals surface area (Å²) < 4.78 is 4.97. The lowest BCUT2D eigenvalue weighted by atomic mass is 9.78. The van der Waals surface area contributed by atoms with E-state index in [-0.39, 0.29) is 11.9 Å². The van der Waals surface area contributed by atoms with Crippen molar-refractivity contribution < 1.29 is 9.53 Å². The van der Waals surface area contributed by atoms with Gasteiger partial charge in [0, 0.05) is 5.92 Å². The number of hydrogen-bond donors (Lipinski definition) is 0. The lowest BCUT2D eigenvalue weighted by molar-refractivity contribution is -0.140. The maximum Gasteiger partial charge on any atom is 0.313 e. The van der Waals surface area contributed by atoms with Crippen LogP contribution in [0.5, 0.6) is 0 Å². The van der Waals surface area contributed by atoms with Crippen molar-refractivity contribution in [1.82, 2.24) is 0 Å². The van der Waals surface area contributed by atoms with Crippen LogP contribution in [-0.4, -0.2) is 12.6 Å². The molecule has 2 unspecified atom stereocenters. The van der Waals surface area contributed by atoms with Crippen LogP contribution in [0.1, 0.15) is 19.3 Å². The summed E-state index contributed by atoms with van der Waals surface area (Å²) in [6, 6.07) is 0. The molecule has 2 fully saturated rings. The van der Waals surface area contributed by atoms with Gasteiger partial charge in [0.05, 0.1) is 12.5 Å². The first kappa shape index (κ1) is 6.89. The zero-order valence-electron chi connectivity index (χ0n) is 6.51. The van der Waals surface area contributed by atoms with Crippen molar-refractivity contribution in [3.05, 3.63) is 12.2 Å². The van der Waals surface area contributed by atoms with E-state index in [0.717, 1.165) is 18.4 Å². The summed E-state index contributed by atoms with van der Waals surface area (Å²) in [4.78, 5) is 11.1. The molecule has 11 heavy (non-hydrogen) atoms. The molecular weight excluding hydrogens is 140 g/mol. The van der Waals surface area contributed by atoms with Crippen LogP contribution in [0.4, 0.5) is 0 Å². The number of hydrogen-bond acceptors (Lipinski definition) is 2. The molecule has 0 bridgehead atoms. The zero-order chi connectivity index (χ0) is 7.84. The van der Waals surface area contributed by atoms with Gasteiger partial charge in [0.1, 0.15) is 0 Å². The highest BCUT2D eigenvalue weighted by Crippen LogP contribution is 2.38. The van der Waals surface area contributed by atoms with E-state index in [4.69, 9.17) is 4.74 Å². The molecule has 2 nitrogen and oxygen atoms in total. The Bertz CT molecular complexity index is 208. The second-order valence-electron chi connectivity index (χ2n) is 3.42. The van der Waals surface area contributed by atoms with E-state index in [9.17, 15) is 4.79 Å². The van der Waals surface area contributed by atoms with Crippen molar-refractivity contribution in [2.45, 2.75) is 19.3 Å². The number of fused-ring (bicyclic) bond motifs is 1. The van der Waals surface area contributed by atoms with E-state index < -0.39 is 0 Å². The summed E-state index contributed by atoms with van der Waals surface area (Å²) in [5.74, 6) is 0.451. The van der Waals surface area contributed by atoms with Crippen LogP contribution < -0.4 is 0 Å². The normalized spacial score (nSPS) is 36.7. The highest BCUT2D eigenvalue weighted by molar-refractivity contribution is 5.78. The Labute approximate surface area is 66.2 Å². The quantitative estimate of drug-likeness (QED) is 0.388. The second kappa shape index (κ2) is 2.36. The minimum Gasteiger partial charge on any atom is -0.465 e. The van der Waals surface area contributed by atoms with Gasteiger partial charge >= 0.3 is 5.97 Å². The maximum absolute atomic E-state index is 11.1. The molecular formula is C9H12O2. The number of carbonyl (C=O) groups is 1. The summed E-state index contributed by atoms with van der Waals surface area (Å²) >= 11 is 0. The number of esters is 1. The largest absolute Gasteiger partial charge is 0.465 e. The summed E-state index contributed by atoms with van der Waals surface area (Å²) in [6.07, 6.45) is 3.32. The van der Waals surface area contributed by atoms with E-state index in [1.165, 1.54) is 6.42 Å². The third-order valence-corrected chi connectivity index (χ3v) is 2.68. The van der Waals surface area contributed by atoms with Crippen LogP contribution in [0.15, 0.2) is 12.2 Å². The van der Waals surface area contributed by atoms with E-state index in [1.807, 2.05) is 0 Å². The summed E-state index contributed by atoms with van der Waals surface area (Å²) in [7, 11) is 0. The molecule has 1 heterocycles. The fraction of sp³-hybridized carbons (Fsp3) is 0.667. The first-order valence-corrected chi connectivity index (χ1v) is 4.13. The minimum absolute atomic E-state index is 0.0419. The van der Waals surface area contributed by atoms with Gasteiger partial charge in [-0.25, -0.2) is 0 Å². The summed E-state index contributed by atoms with van der Waals surface area (Å²) in [6.45, 7) is 4.53. The van der Waals surface area contributed by atoms with E-state index in [1.54, 1.807) is 0 Å². The molecule has 2 heteroatoms. The standard InChI is InChI=1S/C9H12O2/c1-6-3-2-4-7-5-11-9(10)8(6)7/h7-8H,1-5H2. The van der Waals surface area contributed by atoms with Crippen molar-refractivity contribution in [1.29, 1.82) is 0 Å². The van der Waals surface area contributed by atoms with E-state index in [0.29, 0.717) is 12.5 Å². The Morgan fingerprint density at radius 1 is 1.55 bits per heavy atom. The Kier molecular flexibility index (Phi) is 1.48. The van der Waals surface area contributed by atoms with Gasteiger partial charge in [0.15, 0.2) is 0 Å². The lowest BCUT2D eigenvalue weighted by Gasteiger charge is -2.22. The molecule has 0 spiro atoms. The molecule has 0 aromatic carbocycles. The second-order valence-corrected chi connectivity index (χ2v) is 3.42. The molecule has 1 aliphatic carbocycles. The van der Waals surface area contributed by atoms with Gasteiger partial charge in [-0.05, 0) is 19.3 Å². The predicted molar refractivity (Wildman–Crippen MR) is 40.9 cm³/mol. The average Bonchev–Trinajstić information content (AvgIpc) is 2.34. The average molecular weight is 152 g/mol. The highest BCUT2D eigenvalue weighted by atomic mass is 16.5. The number of carbonyl (C=O) groups excluding carboxylic acids is 1. The molecule has 0 aromatic rings. The molecule has 2 aliphatic rings. The van der Waals surface area contributed by atoms with Crippen molar-refractivity contribution in [3.63, 3.8) is 0 Å². The SMILES string of the molecule is C=C1CCCC2COC(=O)C12. The molecule has 0 amide bonds.